The van der Waals surface area contributed by atoms with Gasteiger partial charge in [0.25, 0.3) is 0 Å². The van der Waals surface area contributed by atoms with Crippen LogP contribution in [0, 0.1) is 0 Å². The molecule has 0 aliphatic carbocycles. The van der Waals surface area contributed by atoms with Crippen molar-refractivity contribution in [2.24, 2.45) is 5.73 Å². The molecule has 3 N–H and O–H groups in total. The first-order chi connectivity index (χ1) is 10.3. The van der Waals surface area contributed by atoms with Crippen LogP contribution in [0.5, 0.6) is 0 Å². The molecule has 0 saturated carbocycles. The normalized spacial score (nSPS) is 12.9. The average molecular weight is 348 g/mol. The van der Waals surface area contributed by atoms with E-state index >= 15 is 0 Å². The smallest absolute Gasteiger partial charge is 0.368 e. The molecule has 1 aromatic heterocycles. The second kappa shape index (κ2) is 6.97. The molecule has 1 atom stereocenters. The third-order valence-corrected chi connectivity index (χ3v) is 4.66. The van der Waals surface area contributed by atoms with Crippen LogP contribution >= 0.6 is 23.1 Å². The van der Waals surface area contributed by atoms with E-state index in [2.05, 4.69) is 15.5 Å². The van der Waals surface area contributed by atoms with Crippen molar-refractivity contribution in [2.75, 3.05) is 11.9 Å². The molecule has 0 aliphatic heterocycles. The minimum atomic E-state index is -4.33. The van der Waals surface area contributed by atoms with Crippen molar-refractivity contribution in [2.45, 2.75) is 15.8 Å². The summed E-state index contributed by atoms with van der Waals surface area (Å²) in [6, 6.07) is 8.82. The third kappa shape index (κ3) is 4.88. The van der Waals surface area contributed by atoms with Crippen molar-refractivity contribution in [1.29, 1.82) is 0 Å². The molecule has 0 spiro atoms. The van der Waals surface area contributed by atoms with Gasteiger partial charge in [0, 0.05) is 0 Å². The number of benzene rings is 1. The number of aromatic nitrogens is 2. The average Bonchev–Trinajstić information content (AvgIpc) is 2.90. The third-order valence-electron chi connectivity index (χ3n) is 2.43. The monoisotopic (exact) mass is 348 g/mol. The second-order valence-corrected chi connectivity index (χ2v) is 6.48. The number of nitrogens with two attached hydrogens (primary N) is 1. The molecule has 2 aromatic rings. The Kier molecular flexibility index (Phi) is 5.24. The van der Waals surface area contributed by atoms with E-state index in [1.54, 1.807) is 30.3 Å². The Balaban J connectivity index is 2.05. The van der Waals surface area contributed by atoms with Crippen LogP contribution in [0.15, 0.2) is 34.7 Å². The van der Waals surface area contributed by atoms with Gasteiger partial charge in [0.2, 0.25) is 11.0 Å². The lowest BCUT2D eigenvalue weighted by Gasteiger charge is -2.10. The number of halogens is 3. The number of carbonyl (C=O) groups is 1. The van der Waals surface area contributed by atoms with Crippen LogP contribution in [0.1, 0.15) is 10.8 Å². The topological polar surface area (TPSA) is 80.9 Å². The number of amides is 1. The molecule has 0 radical (unpaired) electrons. The van der Waals surface area contributed by atoms with Gasteiger partial charge in [-0.15, -0.1) is 10.2 Å². The van der Waals surface area contributed by atoms with E-state index in [0.29, 0.717) is 9.90 Å². The Hall–Kier alpha value is -1.81. The number of nitrogens with zero attached hydrogens (tertiary/aromatic N) is 2. The summed E-state index contributed by atoms with van der Waals surface area (Å²) in [5.74, 6) is -0.559. The van der Waals surface area contributed by atoms with Crippen molar-refractivity contribution >= 4 is 34.1 Å². The molecular formula is C12H11F3N4OS2. The molecule has 1 aromatic carbocycles. The number of hydrogen-bond donors (Lipinski definition) is 2. The Labute approximate surface area is 132 Å². The van der Waals surface area contributed by atoms with Crippen LogP contribution in [-0.2, 0) is 4.79 Å². The summed E-state index contributed by atoms with van der Waals surface area (Å²) in [7, 11) is 0. The van der Waals surface area contributed by atoms with Gasteiger partial charge in [0.15, 0.2) is 4.34 Å². The van der Waals surface area contributed by atoms with E-state index in [-0.39, 0.29) is 5.13 Å². The van der Waals surface area contributed by atoms with Crippen LogP contribution in [0.25, 0.3) is 0 Å². The highest BCUT2D eigenvalue weighted by atomic mass is 32.2. The summed E-state index contributed by atoms with van der Waals surface area (Å²) < 4.78 is 36.7. The fourth-order valence-electron chi connectivity index (χ4n) is 1.52. The molecule has 0 unspecified atom stereocenters. The molecule has 118 valence electrons. The first-order valence-corrected chi connectivity index (χ1v) is 7.70. The Morgan fingerprint density at radius 1 is 1.32 bits per heavy atom. The minimum absolute atomic E-state index is 0.0381. The summed E-state index contributed by atoms with van der Waals surface area (Å²) in [5.41, 5.74) is 6.07. The number of primary amides is 1. The predicted octanol–water partition coefficient (Wildman–Crippen LogP) is 2.83. The first kappa shape index (κ1) is 16.6. The van der Waals surface area contributed by atoms with E-state index in [1.807, 2.05) is 0 Å². The van der Waals surface area contributed by atoms with Crippen molar-refractivity contribution < 1.29 is 18.0 Å². The Morgan fingerprint density at radius 3 is 2.59 bits per heavy atom. The number of rotatable bonds is 6. The largest absolute Gasteiger partial charge is 0.405 e. The zero-order chi connectivity index (χ0) is 16.2. The molecular weight excluding hydrogens is 337 g/mol. The molecule has 0 bridgehead atoms. The summed E-state index contributed by atoms with van der Waals surface area (Å²) in [5, 5.41) is 8.87. The minimum Gasteiger partial charge on any atom is -0.368 e. The van der Waals surface area contributed by atoms with Crippen LogP contribution < -0.4 is 11.1 Å². The summed E-state index contributed by atoms with van der Waals surface area (Å²) >= 11 is 1.99. The molecule has 5 nitrogen and oxygen atoms in total. The van der Waals surface area contributed by atoms with E-state index in [4.69, 9.17) is 5.73 Å². The predicted molar refractivity (Wildman–Crippen MR) is 78.7 cm³/mol. The lowest BCUT2D eigenvalue weighted by molar-refractivity contribution is -0.117. The van der Waals surface area contributed by atoms with Crippen molar-refractivity contribution in [3.63, 3.8) is 0 Å². The molecule has 1 heterocycles. The molecule has 0 aliphatic rings. The van der Waals surface area contributed by atoms with Crippen LogP contribution in [0.3, 0.4) is 0 Å². The molecule has 22 heavy (non-hydrogen) atoms. The van der Waals surface area contributed by atoms with E-state index in [1.165, 1.54) is 0 Å². The van der Waals surface area contributed by atoms with Gasteiger partial charge in [0.1, 0.15) is 11.8 Å². The highest BCUT2D eigenvalue weighted by Crippen LogP contribution is 2.37. The zero-order valence-electron chi connectivity index (χ0n) is 11.0. The van der Waals surface area contributed by atoms with Crippen molar-refractivity contribution in [3.05, 3.63) is 35.9 Å². The number of hydrogen-bond acceptors (Lipinski definition) is 6. The first-order valence-electron chi connectivity index (χ1n) is 6.00. The standard InChI is InChI=1S/C12H11F3N4OS2/c13-12(14,15)6-17-10-18-19-11(22-10)21-8(9(16)20)7-4-2-1-3-5-7/h1-5,8H,6H2,(H2,16,20)(H,17,18)/t8-/m1/s1. The van der Waals surface area contributed by atoms with Crippen molar-refractivity contribution in [3.8, 4) is 0 Å². The maximum absolute atomic E-state index is 12.1. The van der Waals surface area contributed by atoms with E-state index in [9.17, 15) is 18.0 Å². The highest BCUT2D eigenvalue weighted by Gasteiger charge is 2.27. The number of anilines is 1. The lowest BCUT2D eigenvalue weighted by Crippen LogP contribution is -2.21. The molecule has 2 rings (SSSR count). The van der Waals surface area contributed by atoms with Crippen LogP contribution in [0.4, 0.5) is 18.3 Å². The van der Waals surface area contributed by atoms with Gasteiger partial charge >= 0.3 is 6.18 Å². The Morgan fingerprint density at radius 2 is 2.00 bits per heavy atom. The maximum Gasteiger partial charge on any atom is 0.405 e. The number of carbonyl (C=O) groups excluding carboxylic acids is 1. The van der Waals surface area contributed by atoms with E-state index < -0.39 is 23.9 Å². The SMILES string of the molecule is NC(=O)[C@H](Sc1nnc(NCC(F)(F)F)s1)c1ccccc1. The molecule has 0 fully saturated rings. The second-order valence-electron chi connectivity index (χ2n) is 4.15. The quantitative estimate of drug-likeness (QED) is 0.785. The molecule has 10 heteroatoms. The van der Waals surface area contributed by atoms with Gasteiger partial charge in [-0.3, -0.25) is 4.79 Å². The maximum atomic E-state index is 12.1. The van der Waals surface area contributed by atoms with Crippen molar-refractivity contribution in [1.82, 2.24) is 10.2 Å². The molecule has 1 amide bonds. The summed E-state index contributed by atoms with van der Waals surface area (Å²) in [6.07, 6.45) is -4.33. The Bertz CT molecular complexity index is 633. The van der Waals surface area contributed by atoms with Crippen LogP contribution in [0.2, 0.25) is 0 Å². The van der Waals surface area contributed by atoms with Gasteiger partial charge in [-0.25, -0.2) is 0 Å². The summed E-state index contributed by atoms with van der Waals surface area (Å²) in [4.78, 5) is 11.6. The van der Waals surface area contributed by atoms with Gasteiger partial charge in [-0.1, -0.05) is 53.4 Å². The number of nitrogens with one attached hydrogen (secondary N) is 1. The highest BCUT2D eigenvalue weighted by molar-refractivity contribution is 8.01. The van der Waals surface area contributed by atoms with Gasteiger partial charge in [0.05, 0.1) is 0 Å². The van der Waals surface area contributed by atoms with Gasteiger partial charge in [-0.05, 0) is 5.56 Å². The number of alkyl halides is 3. The fourth-order valence-corrected chi connectivity index (χ4v) is 3.41. The van der Waals surface area contributed by atoms with Crippen LogP contribution in [-0.4, -0.2) is 28.8 Å². The number of thioether (sulfide) groups is 1. The van der Waals surface area contributed by atoms with Gasteiger partial charge < -0.3 is 11.1 Å². The van der Waals surface area contributed by atoms with E-state index in [0.717, 1.165) is 23.1 Å². The fraction of sp³-hybridized carbons (Fsp3) is 0.250. The molecule has 0 saturated heterocycles. The zero-order valence-corrected chi connectivity index (χ0v) is 12.6. The lowest BCUT2D eigenvalue weighted by atomic mass is 10.1. The summed E-state index contributed by atoms with van der Waals surface area (Å²) in [6.45, 7) is -1.19. The van der Waals surface area contributed by atoms with Gasteiger partial charge in [-0.2, -0.15) is 13.2 Å².